The van der Waals surface area contributed by atoms with Gasteiger partial charge in [-0.15, -0.1) is 0 Å². The first-order valence-corrected chi connectivity index (χ1v) is 11.0. The van der Waals surface area contributed by atoms with E-state index < -0.39 is 0 Å². The molecule has 1 fully saturated rings. The Morgan fingerprint density at radius 2 is 2.10 bits per heavy atom. The molecule has 2 aliphatic rings. The van der Waals surface area contributed by atoms with Crippen molar-refractivity contribution < 1.29 is 9.90 Å². The molecule has 6 nitrogen and oxygen atoms in total. The molecule has 1 amide bonds. The van der Waals surface area contributed by atoms with Gasteiger partial charge in [0, 0.05) is 37.6 Å². The molecule has 2 aliphatic heterocycles. The number of likely N-dealkylation sites (tertiary alicyclic amines) is 1. The number of anilines is 1. The van der Waals surface area contributed by atoms with Gasteiger partial charge in [0.1, 0.15) is 11.3 Å². The summed E-state index contributed by atoms with van der Waals surface area (Å²) in [5.41, 5.74) is 3.35. The molecule has 2 aromatic heterocycles. The standard InChI is InChI=1S/C25H28N4O2/c1-3-4-14-29-20-7-5-12-26-23(20)28-13-6-8-22(28)25(29)11-15-27(17-25)24(31)19-10-9-18(2)21(30)16-19/h5-10,12-13,16,30H,3-4,11,14-15,17H2,1-2H3. The topological polar surface area (TPSA) is 61.6 Å². The summed E-state index contributed by atoms with van der Waals surface area (Å²) in [6, 6.07) is 13.6. The van der Waals surface area contributed by atoms with Crippen molar-refractivity contribution in [2.75, 3.05) is 24.5 Å². The van der Waals surface area contributed by atoms with Crippen LogP contribution >= 0.6 is 0 Å². The van der Waals surface area contributed by atoms with Gasteiger partial charge < -0.3 is 19.5 Å². The molecule has 6 heteroatoms. The second-order valence-electron chi connectivity index (χ2n) is 8.62. The van der Waals surface area contributed by atoms with Crippen LogP contribution < -0.4 is 4.90 Å². The van der Waals surface area contributed by atoms with E-state index in [1.807, 2.05) is 24.1 Å². The van der Waals surface area contributed by atoms with E-state index in [2.05, 4.69) is 45.8 Å². The highest BCUT2D eigenvalue weighted by Gasteiger charge is 2.50. The lowest BCUT2D eigenvalue weighted by molar-refractivity contribution is 0.0781. The Balaban J connectivity index is 1.54. The normalized spacial score (nSPS) is 19.5. The molecule has 31 heavy (non-hydrogen) atoms. The summed E-state index contributed by atoms with van der Waals surface area (Å²) < 4.78 is 2.18. The van der Waals surface area contributed by atoms with Gasteiger partial charge in [-0.2, -0.15) is 0 Å². The molecule has 0 aliphatic carbocycles. The molecule has 1 N–H and O–H groups in total. The number of hydrogen-bond acceptors (Lipinski definition) is 4. The number of unbranched alkanes of at least 4 members (excludes halogenated alkanes) is 1. The second kappa shape index (κ2) is 7.45. The molecule has 0 radical (unpaired) electrons. The van der Waals surface area contributed by atoms with Crippen LogP contribution in [-0.4, -0.2) is 45.1 Å². The molecule has 1 spiro atoms. The van der Waals surface area contributed by atoms with Gasteiger partial charge in [-0.25, -0.2) is 4.98 Å². The van der Waals surface area contributed by atoms with Gasteiger partial charge in [-0.3, -0.25) is 4.79 Å². The number of pyridine rings is 1. The smallest absolute Gasteiger partial charge is 0.254 e. The number of carbonyl (C=O) groups is 1. The van der Waals surface area contributed by atoms with Crippen LogP contribution in [0.5, 0.6) is 5.75 Å². The van der Waals surface area contributed by atoms with E-state index in [0.717, 1.165) is 42.9 Å². The number of hydrogen-bond donors (Lipinski definition) is 1. The predicted octanol–water partition coefficient (Wildman–Crippen LogP) is 4.25. The van der Waals surface area contributed by atoms with Gasteiger partial charge in [0.15, 0.2) is 5.82 Å². The number of fused-ring (bicyclic) bond motifs is 4. The number of carbonyl (C=O) groups excluding carboxylic acids is 1. The van der Waals surface area contributed by atoms with Crippen LogP contribution in [-0.2, 0) is 5.54 Å². The average Bonchev–Trinajstić information content (AvgIpc) is 3.44. The molecule has 1 saturated heterocycles. The summed E-state index contributed by atoms with van der Waals surface area (Å²) in [5, 5.41) is 10.1. The van der Waals surface area contributed by atoms with Crippen LogP contribution in [0, 0.1) is 6.92 Å². The Morgan fingerprint density at radius 1 is 1.23 bits per heavy atom. The Morgan fingerprint density at radius 3 is 2.90 bits per heavy atom. The van der Waals surface area contributed by atoms with Crippen LogP contribution in [0.3, 0.4) is 0 Å². The molecular weight excluding hydrogens is 388 g/mol. The lowest BCUT2D eigenvalue weighted by Gasteiger charge is -2.47. The minimum atomic E-state index is -0.281. The monoisotopic (exact) mass is 416 g/mol. The third-order valence-electron chi connectivity index (χ3n) is 6.75. The van der Waals surface area contributed by atoms with Crippen molar-refractivity contribution in [3.63, 3.8) is 0 Å². The lowest BCUT2D eigenvalue weighted by Crippen LogP contribution is -2.53. The van der Waals surface area contributed by atoms with Gasteiger partial charge in [-0.05, 0) is 61.7 Å². The molecule has 160 valence electrons. The fourth-order valence-electron chi connectivity index (χ4n) is 5.07. The highest BCUT2D eigenvalue weighted by atomic mass is 16.3. The predicted molar refractivity (Wildman–Crippen MR) is 121 cm³/mol. The van der Waals surface area contributed by atoms with Crippen molar-refractivity contribution in [1.29, 1.82) is 0 Å². The molecular formula is C25H28N4O2. The van der Waals surface area contributed by atoms with Gasteiger partial charge >= 0.3 is 0 Å². The van der Waals surface area contributed by atoms with Crippen molar-refractivity contribution in [3.05, 3.63) is 71.7 Å². The van der Waals surface area contributed by atoms with E-state index >= 15 is 0 Å². The van der Waals surface area contributed by atoms with E-state index in [9.17, 15) is 9.90 Å². The second-order valence-corrected chi connectivity index (χ2v) is 8.62. The first kappa shape index (κ1) is 19.7. The number of nitrogens with zero attached hydrogens (tertiary/aromatic N) is 4. The molecule has 5 rings (SSSR count). The van der Waals surface area contributed by atoms with Crippen molar-refractivity contribution in [3.8, 4) is 11.6 Å². The van der Waals surface area contributed by atoms with Crippen molar-refractivity contribution in [1.82, 2.24) is 14.5 Å². The summed E-state index contributed by atoms with van der Waals surface area (Å²) >= 11 is 0. The zero-order chi connectivity index (χ0) is 21.6. The fourth-order valence-corrected chi connectivity index (χ4v) is 5.07. The van der Waals surface area contributed by atoms with Crippen LogP contribution in [0.4, 0.5) is 5.69 Å². The van der Waals surface area contributed by atoms with Gasteiger partial charge in [0.2, 0.25) is 0 Å². The van der Waals surface area contributed by atoms with E-state index in [0.29, 0.717) is 18.7 Å². The summed E-state index contributed by atoms with van der Waals surface area (Å²) in [6.45, 7) is 6.26. The third kappa shape index (κ3) is 3.00. The number of phenolic OH excluding ortho intramolecular Hbond substituents is 1. The molecule has 0 bridgehead atoms. The first-order valence-electron chi connectivity index (χ1n) is 11.0. The number of aryl methyl sites for hydroxylation is 1. The van der Waals surface area contributed by atoms with Crippen LogP contribution in [0.25, 0.3) is 5.82 Å². The Bertz CT molecular complexity index is 1140. The van der Waals surface area contributed by atoms with Crippen LogP contribution in [0.1, 0.15) is 47.8 Å². The number of phenols is 1. The summed E-state index contributed by atoms with van der Waals surface area (Å²) in [5.74, 6) is 1.09. The number of rotatable bonds is 4. The summed E-state index contributed by atoms with van der Waals surface area (Å²) in [6.07, 6.45) is 6.96. The molecule has 3 aromatic rings. The zero-order valence-corrected chi connectivity index (χ0v) is 18.1. The third-order valence-corrected chi connectivity index (χ3v) is 6.75. The van der Waals surface area contributed by atoms with E-state index in [-0.39, 0.29) is 17.2 Å². The average molecular weight is 417 g/mol. The molecule has 1 aromatic carbocycles. The fraction of sp³-hybridized carbons (Fsp3) is 0.360. The number of amides is 1. The Labute approximate surface area is 182 Å². The van der Waals surface area contributed by atoms with Gasteiger partial charge in [0.05, 0.1) is 11.4 Å². The number of aromatic hydroxyl groups is 1. The maximum absolute atomic E-state index is 13.3. The van der Waals surface area contributed by atoms with Crippen molar-refractivity contribution >= 4 is 11.6 Å². The maximum Gasteiger partial charge on any atom is 0.254 e. The summed E-state index contributed by atoms with van der Waals surface area (Å²) in [7, 11) is 0. The minimum absolute atomic E-state index is 0.0299. The molecule has 0 saturated carbocycles. The lowest BCUT2D eigenvalue weighted by atomic mass is 9.88. The van der Waals surface area contributed by atoms with Gasteiger partial charge in [-0.1, -0.05) is 19.4 Å². The number of benzene rings is 1. The van der Waals surface area contributed by atoms with Crippen molar-refractivity contribution in [2.24, 2.45) is 0 Å². The van der Waals surface area contributed by atoms with Crippen molar-refractivity contribution in [2.45, 2.75) is 38.6 Å². The van der Waals surface area contributed by atoms with E-state index in [4.69, 9.17) is 0 Å². The summed E-state index contributed by atoms with van der Waals surface area (Å²) in [4.78, 5) is 22.4. The first-order chi connectivity index (χ1) is 15.0. The van der Waals surface area contributed by atoms with E-state index in [1.165, 1.54) is 5.69 Å². The van der Waals surface area contributed by atoms with Crippen LogP contribution in [0.15, 0.2) is 54.9 Å². The number of aromatic nitrogens is 2. The molecule has 1 unspecified atom stereocenters. The highest BCUT2D eigenvalue weighted by Crippen LogP contribution is 2.47. The largest absolute Gasteiger partial charge is 0.508 e. The SMILES string of the molecule is CCCCN1c2cccnc2-n2cccc2C12CCN(C(=O)c1ccc(C)c(O)c1)C2. The van der Waals surface area contributed by atoms with Crippen LogP contribution in [0.2, 0.25) is 0 Å². The molecule has 1 atom stereocenters. The Kier molecular flexibility index (Phi) is 4.73. The van der Waals surface area contributed by atoms with E-state index in [1.54, 1.807) is 18.2 Å². The maximum atomic E-state index is 13.3. The zero-order valence-electron chi connectivity index (χ0n) is 18.1. The minimum Gasteiger partial charge on any atom is -0.508 e. The molecule has 4 heterocycles. The quantitative estimate of drug-likeness (QED) is 0.691. The Hall–Kier alpha value is -3.28. The van der Waals surface area contributed by atoms with Gasteiger partial charge in [0.25, 0.3) is 5.91 Å². The highest BCUT2D eigenvalue weighted by molar-refractivity contribution is 5.95.